The number of halogens is 3. The van der Waals surface area contributed by atoms with Gasteiger partial charge >= 0.3 is 6.18 Å². The fraction of sp³-hybridized carbons (Fsp3) is 0.700. The second-order valence-electron chi connectivity index (χ2n) is 3.50. The Morgan fingerprint density at radius 1 is 1.41 bits per heavy atom. The Balaban J connectivity index is 2.80. The summed E-state index contributed by atoms with van der Waals surface area (Å²) in [5.74, 6) is 0. The third-order valence-electron chi connectivity index (χ3n) is 2.09. The summed E-state index contributed by atoms with van der Waals surface area (Å²) >= 11 is 1.11. The van der Waals surface area contributed by atoms with E-state index in [1.807, 2.05) is 0 Å². The zero-order valence-electron chi connectivity index (χ0n) is 9.73. The molecule has 0 bridgehead atoms. The van der Waals surface area contributed by atoms with Crippen molar-refractivity contribution >= 4 is 11.3 Å². The fourth-order valence-electron chi connectivity index (χ4n) is 1.38. The van der Waals surface area contributed by atoms with Gasteiger partial charge in [-0.05, 0) is 13.5 Å². The van der Waals surface area contributed by atoms with Gasteiger partial charge < -0.3 is 10.1 Å². The molecule has 0 spiro atoms. The molecular weight excluding hydrogens is 253 g/mol. The molecule has 0 aliphatic carbocycles. The molecule has 1 aromatic rings. The van der Waals surface area contributed by atoms with Gasteiger partial charge in [0.15, 0.2) is 5.69 Å². The average molecular weight is 268 g/mol. The van der Waals surface area contributed by atoms with Crippen molar-refractivity contribution in [3.05, 3.63) is 15.6 Å². The van der Waals surface area contributed by atoms with Gasteiger partial charge in [-0.15, -0.1) is 11.3 Å². The summed E-state index contributed by atoms with van der Waals surface area (Å²) in [6, 6.07) is 0. The molecule has 98 valence electrons. The van der Waals surface area contributed by atoms with Crippen LogP contribution in [-0.4, -0.2) is 25.7 Å². The van der Waals surface area contributed by atoms with E-state index in [1.54, 1.807) is 14.2 Å². The summed E-state index contributed by atoms with van der Waals surface area (Å²) in [4.78, 5) is 3.91. The first-order chi connectivity index (χ1) is 7.99. The molecule has 0 unspecified atom stereocenters. The molecule has 0 radical (unpaired) electrons. The van der Waals surface area contributed by atoms with Gasteiger partial charge in [0.2, 0.25) is 0 Å². The zero-order chi connectivity index (χ0) is 12.9. The highest BCUT2D eigenvalue weighted by Crippen LogP contribution is 2.34. The van der Waals surface area contributed by atoms with Crippen molar-refractivity contribution in [3.8, 4) is 0 Å². The zero-order valence-corrected chi connectivity index (χ0v) is 10.5. The molecule has 0 atom stereocenters. The molecule has 0 aliphatic heterocycles. The monoisotopic (exact) mass is 268 g/mol. The molecule has 1 heterocycles. The molecule has 0 fully saturated rings. The highest BCUT2D eigenvalue weighted by molar-refractivity contribution is 7.11. The number of alkyl halides is 3. The Hall–Kier alpha value is -0.660. The van der Waals surface area contributed by atoms with Crippen molar-refractivity contribution in [1.29, 1.82) is 0 Å². The summed E-state index contributed by atoms with van der Waals surface area (Å²) in [7, 11) is 3.18. The van der Waals surface area contributed by atoms with Gasteiger partial charge in [-0.3, -0.25) is 0 Å². The Labute approximate surface area is 102 Å². The molecule has 0 amide bonds. The van der Waals surface area contributed by atoms with Crippen LogP contribution in [-0.2, 0) is 23.9 Å². The lowest BCUT2D eigenvalue weighted by Crippen LogP contribution is -2.12. The maximum absolute atomic E-state index is 12.7. The maximum Gasteiger partial charge on any atom is 0.434 e. The molecule has 3 nitrogen and oxygen atoms in total. The van der Waals surface area contributed by atoms with Crippen LogP contribution >= 0.6 is 11.3 Å². The molecule has 17 heavy (non-hydrogen) atoms. The molecule has 7 heteroatoms. The number of hydrogen-bond acceptors (Lipinski definition) is 4. The maximum atomic E-state index is 12.7. The number of aryl methyl sites for hydroxylation is 1. The minimum absolute atomic E-state index is 0.191. The number of thiazole rings is 1. The fourth-order valence-corrected chi connectivity index (χ4v) is 2.52. The van der Waals surface area contributed by atoms with Crippen LogP contribution in [0.2, 0.25) is 0 Å². The minimum atomic E-state index is -4.37. The van der Waals surface area contributed by atoms with E-state index in [9.17, 15) is 13.2 Å². The molecule has 1 rings (SSSR count). The van der Waals surface area contributed by atoms with E-state index in [0.29, 0.717) is 24.5 Å². The molecule has 1 aromatic heterocycles. The summed E-state index contributed by atoms with van der Waals surface area (Å²) in [5, 5.41) is 3.24. The van der Waals surface area contributed by atoms with Crippen LogP contribution in [0.5, 0.6) is 0 Å². The Morgan fingerprint density at radius 2 is 2.12 bits per heavy atom. The van der Waals surface area contributed by atoms with Crippen molar-refractivity contribution in [3.63, 3.8) is 0 Å². The normalized spacial score (nSPS) is 12.1. The van der Waals surface area contributed by atoms with Gasteiger partial charge in [-0.25, -0.2) is 4.98 Å². The predicted molar refractivity (Wildman–Crippen MR) is 60.1 cm³/mol. The lowest BCUT2D eigenvalue weighted by Gasteiger charge is -2.04. The van der Waals surface area contributed by atoms with E-state index >= 15 is 0 Å². The second-order valence-corrected chi connectivity index (χ2v) is 4.67. The molecule has 0 saturated carbocycles. The number of hydrogen-bond donors (Lipinski definition) is 1. The highest BCUT2D eigenvalue weighted by atomic mass is 32.1. The van der Waals surface area contributed by atoms with Crippen LogP contribution in [0, 0.1) is 0 Å². The number of rotatable bonds is 6. The Morgan fingerprint density at radius 3 is 2.65 bits per heavy atom. The Kier molecular flexibility index (Phi) is 5.35. The van der Waals surface area contributed by atoms with Crippen molar-refractivity contribution in [2.24, 2.45) is 0 Å². The summed E-state index contributed by atoms with van der Waals surface area (Å²) < 4.78 is 42.9. The molecule has 0 aromatic carbocycles. The first-order valence-corrected chi connectivity index (χ1v) is 6.00. The van der Waals surface area contributed by atoms with Gasteiger partial charge in [-0.1, -0.05) is 0 Å². The summed E-state index contributed by atoms with van der Waals surface area (Å²) in [6.07, 6.45) is -3.17. The van der Waals surface area contributed by atoms with Gasteiger partial charge in [-0.2, -0.15) is 13.2 Å². The van der Waals surface area contributed by atoms with E-state index in [2.05, 4.69) is 10.3 Å². The quantitative estimate of drug-likeness (QED) is 0.805. The van der Waals surface area contributed by atoms with Crippen molar-refractivity contribution < 1.29 is 17.9 Å². The number of nitrogens with one attached hydrogen (secondary N) is 1. The van der Waals surface area contributed by atoms with Crippen molar-refractivity contribution in [2.45, 2.75) is 25.6 Å². The summed E-state index contributed by atoms with van der Waals surface area (Å²) in [6.45, 7) is 0.721. The van der Waals surface area contributed by atoms with Crippen molar-refractivity contribution in [1.82, 2.24) is 10.3 Å². The van der Waals surface area contributed by atoms with Crippen LogP contribution in [0.3, 0.4) is 0 Å². The van der Waals surface area contributed by atoms with Gasteiger partial charge in [0.05, 0.1) is 9.88 Å². The summed E-state index contributed by atoms with van der Waals surface area (Å²) in [5.41, 5.74) is -0.760. The third kappa shape index (κ3) is 4.25. The molecule has 1 N–H and O–H groups in total. The highest BCUT2D eigenvalue weighted by Gasteiger charge is 2.37. The van der Waals surface area contributed by atoms with Gasteiger partial charge in [0.25, 0.3) is 0 Å². The molecule has 0 aliphatic rings. The minimum Gasteiger partial charge on any atom is -0.385 e. The number of ether oxygens (including phenoxy) is 1. The third-order valence-corrected chi connectivity index (χ3v) is 3.20. The predicted octanol–water partition coefficient (Wildman–Crippen LogP) is 2.46. The van der Waals surface area contributed by atoms with E-state index in [1.165, 1.54) is 0 Å². The van der Waals surface area contributed by atoms with Gasteiger partial charge in [0.1, 0.15) is 0 Å². The first-order valence-electron chi connectivity index (χ1n) is 5.18. The van der Waals surface area contributed by atoms with E-state index in [0.717, 1.165) is 11.3 Å². The standard InChI is InChI=1S/C10H15F3N2OS/c1-14-6-7-9(10(11,12)13)15-8(17-7)4-3-5-16-2/h14H,3-6H2,1-2H3. The van der Waals surface area contributed by atoms with Crippen LogP contribution in [0.1, 0.15) is 22.0 Å². The largest absolute Gasteiger partial charge is 0.434 e. The smallest absolute Gasteiger partial charge is 0.385 e. The van der Waals surface area contributed by atoms with Crippen LogP contribution in [0.4, 0.5) is 13.2 Å². The van der Waals surface area contributed by atoms with Crippen LogP contribution < -0.4 is 5.32 Å². The lowest BCUT2D eigenvalue weighted by molar-refractivity contribution is -0.141. The molecular formula is C10H15F3N2OS. The number of aromatic nitrogens is 1. The number of nitrogens with zero attached hydrogens (tertiary/aromatic N) is 1. The second kappa shape index (κ2) is 6.32. The van der Waals surface area contributed by atoms with Gasteiger partial charge in [0, 0.05) is 26.7 Å². The van der Waals surface area contributed by atoms with E-state index in [4.69, 9.17) is 4.74 Å². The SMILES string of the molecule is CNCc1sc(CCCOC)nc1C(F)(F)F. The first kappa shape index (κ1) is 14.4. The lowest BCUT2D eigenvalue weighted by atomic mass is 10.3. The number of methoxy groups -OCH3 is 1. The van der Waals surface area contributed by atoms with Crippen molar-refractivity contribution in [2.75, 3.05) is 20.8 Å². The van der Waals surface area contributed by atoms with Crippen LogP contribution in [0.25, 0.3) is 0 Å². The topological polar surface area (TPSA) is 34.1 Å². The van der Waals surface area contributed by atoms with E-state index in [-0.39, 0.29) is 11.4 Å². The molecule has 0 saturated heterocycles. The van der Waals surface area contributed by atoms with E-state index < -0.39 is 11.9 Å². The van der Waals surface area contributed by atoms with Crippen LogP contribution in [0.15, 0.2) is 0 Å². The Bertz CT molecular complexity index is 352. The average Bonchev–Trinajstić information content (AvgIpc) is 2.62.